The van der Waals surface area contributed by atoms with Gasteiger partial charge >= 0.3 is 6.18 Å². The SMILES string of the molecule is N/C(=C\C=C(/N)Cl)c1ccccc1C(F)(F)F. The first-order chi connectivity index (χ1) is 7.82. The van der Waals surface area contributed by atoms with Crippen LogP contribution < -0.4 is 11.5 Å². The fourth-order valence-electron chi connectivity index (χ4n) is 1.24. The molecule has 0 fully saturated rings. The molecule has 17 heavy (non-hydrogen) atoms. The third kappa shape index (κ3) is 3.71. The number of rotatable bonds is 2. The maximum atomic E-state index is 12.7. The van der Waals surface area contributed by atoms with E-state index in [-0.39, 0.29) is 16.4 Å². The Hall–Kier alpha value is -1.62. The Morgan fingerprint density at radius 3 is 2.24 bits per heavy atom. The summed E-state index contributed by atoms with van der Waals surface area (Å²) in [5, 5.41) is -0.0579. The second-order valence-electron chi connectivity index (χ2n) is 3.22. The van der Waals surface area contributed by atoms with Gasteiger partial charge in [0.05, 0.1) is 10.7 Å². The van der Waals surface area contributed by atoms with E-state index in [0.717, 1.165) is 6.07 Å². The zero-order chi connectivity index (χ0) is 13.1. The van der Waals surface area contributed by atoms with Crippen LogP contribution >= 0.6 is 11.6 Å². The molecule has 0 aromatic heterocycles. The Bertz CT molecular complexity index is 460. The summed E-state index contributed by atoms with van der Waals surface area (Å²) >= 11 is 5.36. The van der Waals surface area contributed by atoms with Crippen molar-refractivity contribution in [2.24, 2.45) is 11.5 Å². The molecule has 0 saturated heterocycles. The molecule has 1 aromatic carbocycles. The highest BCUT2D eigenvalue weighted by atomic mass is 35.5. The molecule has 0 amide bonds. The minimum absolute atomic E-state index is 0.0541. The summed E-state index contributed by atoms with van der Waals surface area (Å²) in [5.74, 6) is 0. The zero-order valence-corrected chi connectivity index (χ0v) is 9.39. The third-order valence-corrected chi connectivity index (χ3v) is 2.09. The normalized spacial score (nSPS) is 13.9. The van der Waals surface area contributed by atoms with Gasteiger partial charge in [-0.25, -0.2) is 0 Å². The first-order valence-electron chi connectivity index (χ1n) is 4.57. The molecule has 0 aliphatic rings. The van der Waals surface area contributed by atoms with Crippen LogP contribution in [-0.4, -0.2) is 0 Å². The molecule has 0 unspecified atom stereocenters. The number of benzene rings is 1. The van der Waals surface area contributed by atoms with E-state index >= 15 is 0 Å². The average molecular weight is 263 g/mol. The second-order valence-corrected chi connectivity index (χ2v) is 3.65. The molecule has 4 N–H and O–H groups in total. The standard InChI is InChI=1S/C11H10ClF3N2/c12-10(17)6-5-9(16)7-3-1-2-4-8(7)11(13,14)15/h1-6H,16-17H2/b9-5-,10-6-. The average Bonchev–Trinajstić information content (AvgIpc) is 2.24. The van der Waals surface area contributed by atoms with Gasteiger partial charge in [-0.15, -0.1) is 0 Å². The van der Waals surface area contributed by atoms with Crippen LogP contribution in [0.15, 0.2) is 41.6 Å². The number of alkyl halides is 3. The van der Waals surface area contributed by atoms with Crippen molar-refractivity contribution in [2.75, 3.05) is 0 Å². The van der Waals surface area contributed by atoms with Crippen LogP contribution in [0, 0.1) is 0 Å². The van der Waals surface area contributed by atoms with Crippen LogP contribution in [0.2, 0.25) is 0 Å². The number of hydrogen-bond acceptors (Lipinski definition) is 2. The summed E-state index contributed by atoms with van der Waals surface area (Å²) in [5.41, 5.74) is 9.74. The molecule has 1 aromatic rings. The maximum Gasteiger partial charge on any atom is 0.417 e. The van der Waals surface area contributed by atoms with Crippen molar-refractivity contribution in [2.45, 2.75) is 6.18 Å². The molecular formula is C11H10ClF3N2. The molecule has 6 heteroatoms. The summed E-state index contributed by atoms with van der Waals surface area (Å²) < 4.78 is 38.0. The fraction of sp³-hybridized carbons (Fsp3) is 0.0909. The van der Waals surface area contributed by atoms with Gasteiger partial charge in [0.25, 0.3) is 0 Å². The van der Waals surface area contributed by atoms with Gasteiger partial charge in [0.2, 0.25) is 0 Å². The monoisotopic (exact) mass is 262 g/mol. The van der Waals surface area contributed by atoms with Crippen LogP contribution in [0.1, 0.15) is 11.1 Å². The van der Waals surface area contributed by atoms with Gasteiger partial charge in [-0.2, -0.15) is 13.2 Å². The Kier molecular flexibility index (Phi) is 4.07. The van der Waals surface area contributed by atoms with Crippen LogP contribution in [0.25, 0.3) is 5.70 Å². The molecule has 0 atom stereocenters. The molecular weight excluding hydrogens is 253 g/mol. The van der Waals surface area contributed by atoms with E-state index in [1.807, 2.05) is 0 Å². The van der Waals surface area contributed by atoms with Crippen molar-refractivity contribution in [3.63, 3.8) is 0 Å². The Morgan fingerprint density at radius 2 is 1.71 bits per heavy atom. The van der Waals surface area contributed by atoms with Crippen molar-refractivity contribution in [1.29, 1.82) is 0 Å². The Morgan fingerprint density at radius 1 is 1.12 bits per heavy atom. The molecule has 1 rings (SSSR count). The van der Waals surface area contributed by atoms with E-state index in [9.17, 15) is 13.2 Å². The molecule has 0 spiro atoms. The summed E-state index contributed by atoms with van der Waals surface area (Å²) in [7, 11) is 0. The van der Waals surface area contributed by atoms with E-state index in [1.54, 1.807) is 0 Å². The third-order valence-electron chi connectivity index (χ3n) is 1.97. The van der Waals surface area contributed by atoms with Gasteiger partial charge in [-0.3, -0.25) is 0 Å². The summed E-state index contributed by atoms with van der Waals surface area (Å²) in [4.78, 5) is 0. The van der Waals surface area contributed by atoms with Crippen molar-refractivity contribution in [1.82, 2.24) is 0 Å². The molecule has 0 radical (unpaired) electrons. The van der Waals surface area contributed by atoms with Crippen LogP contribution in [0.4, 0.5) is 13.2 Å². The topological polar surface area (TPSA) is 52.0 Å². The van der Waals surface area contributed by atoms with E-state index in [2.05, 4.69) is 0 Å². The van der Waals surface area contributed by atoms with Gasteiger partial charge < -0.3 is 11.5 Å². The minimum atomic E-state index is -4.45. The fourth-order valence-corrected chi connectivity index (χ4v) is 1.30. The predicted molar refractivity (Wildman–Crippen MR) is 61.7 cm³/mol. The molecule has 92 valence electrons. The Labute approximate surface area is 101 Å². The lowest BCUT2D eigenvalue weighted by Crippen LogP contribution is -2.11. The lowest BCUT2D eigenvalue weighted by Gasteiger charge is -2.12. The number of nitrogens with two attached hydrogens (primary N) is 2. The van der Waals surface area contributed by atoms with E-state index in [1.165, 1.54) is 30.4 Å². The minimum Gasteiger partial charge on any atom is -0.398 e. The highest BCUT2D eigenvalue weighted by Crippen LogP contribution is 2.33. The molecule has 0 saturated carbocycles. The van der Waals surface area contributed by atoms with Crippen molar-refractivity contribution in [3.8, 4) is 0 Å². The van der Waals surface area contributed by atoms with Gasteiger partial charge in [0, 0.05) is 11.3 Å². The number of allylic oxidation sites excluding steroid dienone is 2. The summed E-state index contributed by atoms with van der Waals surface area (Å²) in [6.07, 6.45) is -2.00. The van der Waals surface area contributed by atoms with Gasteiger partial charge in [0.1, 0.15) is 0 Å². The maximum absolute atomic E-state index is 12.7. The second kappa shape index (κ2) is 5.14. The first-order valence-corrected chi connectivity index (χ1v) is 4.95. The van der Waals surface area contributed by atoms with Crippen LogP contribution in [-0.2, 0) is 6.18 Å². The predicted octanol–water partition coefficient (Wildman–Crippen LogP) is 3.04. The largest absolute Gasteiger partial charge is 0.417 e. The quantitative estimate of drug-likeness (QED) is 0.636. The van der Waals surface area contributed by atoms with Crippen molar-refractivity contribution >= 4 is 17.3 Å². The van der Waals surface area contributed by atoms with Crippen molar-refractivity contribution < 1.29 is 13.2 Å². The van der Waals surface area contributed by atoms with Crippen LogP contribution in [0.3, 0.4) is 0 Å². The molecule has 0 bridgehead atoms. The van der Waals surface area contributed by atoms with E-state index < -0.39 is 11.7 Å². The molecule has 0 heterocycles. The molecule has 0 aliphatic heterocycles. The smallest absolute Gasteiger partial charge is 0.398 e. The highest BCUT2D eigenvalue weighted by molar-refractivity contribution is 6.29. The summed E-state index contributed by atoms with van der Waals surface area (Å²) in [6.45, 7) is 0. The molecule has 0 aliphatic carbocycles. The lowest BCUT2D eigenvalue weighted by atomic mass is 10.0. The van der Waals surface area contributed by atoms with E-state index in [4.69, 9.17) is 23.1 Å². The first kappa shape index (κ1) is 13.4. The van der Waals surface area contributed by atoms with Gasteiger partial charge in [-0.05, 0) is 18.2 Å². The number of hydrogen-bond donors (Lipinski definition) is 2. The lowest BCUT2D eigenvalue weighted by molar-refractivity contribution is -0.137. The van der Waals surface area contributed by atoms with E-state index in [0.29, 0.717) is 0 Å². The molecule has 2 nitrogen and oxygen atoms in total. The number of halogens is 4. The van der Waals surface area contributed by atoms with Gasteiger partial charge in [-0.1, -0.05) is 29.8 Å². The zero-order valence-electron chi connectivity index (χ0n) is 8.63. The van der Waals surface area contributed by atoms with Gasteiger partial charge in [0.15, 0.2) is 0 Å². The highest BCUT2D eigenvalue weighted by Gasteiger charge is 2.33. The van der Waals surface area contributed by atoms with Crippen LogP contribution in [0.5, 0.6) is 0 Å². The Balaban J connectivity index is 3.23. The van der Waals surface area contributed by atoms with Crippen molar-refractivity contribution in [3.05, 3.63) is 52.7 Å². The summed E-state index contributed by atoms with van der Waals surface area (Å²) in [6, 6.07) is 5.01.